The van der Waals surface area contributed by atoms with E-state index in [0.29, 0.717) is 6.54 Å². The van der Waals surface area contributed by atoms with Crippen LogP contribution in [-0.2, 0) is 0 Å². The van der Waals surface area contributed by atoms with Crippen LogP contribution in [0.5, 0.6) is 0 Å². The molecule has 0 radical (unpaired) electrons. The summed E-state index contributed by atoms with van der Waals surface area (Å²) in [4.78, 5) is 13.7. The van der Waals surface area contributed by atoms with Crippen molar-refractivity contribution in [2.45, 2.75) is 25.3 Å². The number of nitrogens with zero attached hydrogens (tertiary/aromatic N) is 1. The molecule has 1 fully saturated rings. The molecule has 1 aliphatic rings. The Bertz CT molecular complexity index is 372. The highest BCUT2D eigenvalue weighted by Crippen LogP contribution is 2.20. The maximum Gasteiger partial charge on any atom is 0.407 e. The SMILES string of the molecule is O=C(O)N1CCCCC1/C=C/c1cccs1. The van der Waals surface area contributed by atoms with Crippen LogP contribution in [0.1, 0.15) is 24.1 Å². The lowest BCUT2D eigenvalue weighted by molar-refractivity contribution is 0.120. The summed E-state index contributed by atoms with van der Waals surface area (Å²) < 4.78 is 0. The van der Waals surface area contributed by atoms with Gasteiger partial charge in [-0.2, -0.15) is 0 Å². The van der Waals surface area contributed by atoms with Crippen LogP contribution in [0.25, 0.3) is 6.08 Å². The zero-order valence-corrected chi connectivity index (χ0v) is 9.82. The van der Waals surface area contributed by atoms with Gasteiger partial charge in [-0.3, -0.25) is 0 Å². The van der Waals surface area contributed by atoms with Crippen LogP contribution in [0, 0.1) is 0 Å². The molecule has 1 amide bonds. The third-order valence-electron chi connectivity index (χ3n) is 2.82. The number of carbonyl (C=O) groups is 1. The minimum atomic E-state index is -0.805. The second-order valence-corrected chi connectivity index (χ2v) is 4.89. The molecule has 1 aliphatic heterocycles. The Hall–Kier alpha value is -1.29. The summed E-state index contributed by atoms with van der Waals surface area (Å²) in [7, 11) is 0. The number of rotatable bonds is 2. The third kappa shape index (κ3) is 2.64. The van der Waals surface area contributed by atoms with Crippen molar-refractivity contribution < 1.29 is 9.90 Å². The van der Waals surface area contributed by atoms with Crippen LogP contribution >= 0.6 is 11.3 Å². The van der Waals surface area contributed by atoms with Crippen LogP contribution in [0.15, 0.2) is 23.6 Å². The molecule has 1 aromatic heterocycles. The lowest BCUT2D eigenvalue weighted by Gasteiger charge is -2.31. The van der Waals surface area contributed by atoms with Crippen molar-refractivity contribution in [3.8, 4) is 0 Å². The first kappa shape index (κ1) is 11.2. The maximum absolute atomic E-state index is 11.0. The predicted molar refractivity (Wildman–Crippen MR) is 65.7 cm³/mol. The Morgan fingerprint density at radius 3 is 3.12 bits per heavy atom. The van der Waals surface area contributed by atoms with Crippen molar-refractivity contribution in [3.63, 3.8) is 0 Å². The summed E-state index contributed by atoms with van der Waals surface area (Å²) in [6, 6.07) is 4.09. The molecule has 3 nitrogen and oxygen atoms in total. The molecule has 1 N–H and O–H groups in total. The molecule has 4 heteroatoms. The number of thiophene rings is 1. The zero-order valence-electron chi connectivity index (χ0n) is 9.00. The van der Waals surface area contributed by atoms with Gasteiger partial charge in [0.2, 0.25) is 0 Å². The van der Waals surface area contributed by atoms with E-state index in [9.17, 15) is 4.79 Å². The van der Waals surface area contributed by atoms with E-state index in [0.717, 1.165) is 19.3 Å². The number of piperidine rings is 1. The van der Waals surface area contributed by atoms with Gasteiger partial charge in [-0.05, 0) is 36.8 Å². The average molecular weight is 237 g/mol. The number of likely N-dealkylation sites (tertiary alicyclic amines) is 1. The van der Waals surface area contributed by atoms with Gasteiger partial charge in [0.25, 0.3) is 0 Å². The van der Waals surface area contributed by atoms with Crippen LogP contribution in [0.3, 0.4) is 0 Å². The van der Waals surface area contributed by atoms with Crippen molar-refractivity contribution in [2.24, 2.45) is 0 Å². The van der Waals surface area contributed by atoms with E-state index in [4.69, 9.17) is 5.11 Å². The van der Waals surface area contributed by atoms with Gasteiger partial charge in [-0.15, -0.1) is 11.3 Å². The number of hydrogen-bond donors (Lipinski definition) is 1. The highest BCUT2D eigenvalue weighted by atomic mass is 32.1. The molecule has 2 heterocycles. The topological polar surface area (TPSA) is 40.5 Å². The van der Waals surface area contributed by atoms with Gasteiger partial charge in [-0.25, -0.2) is 4.79 Å². The van der Waals surface area contributed by atoms with Crippen molar-refractivity contribution in [2.75, 3.05) is 6.54 Å². The molecule has 0 aliphatic carbocycles. The summed E-state index contributed by atoms with van der Waals surface area (Å²) in [5, 5.41) is 11.1. The van der Waals surface area contributed by atoms with Gasteiger partial charge in [-0.1, -0.05) is 12.1 Å². The summed E-state index contributed by atoms with van der Waals surface area (Å²) in [6.07, 6.45) is 6.27. The van der Waals surface area contributed by atoms with Gasteiger partial charge < -0.3 is 10.0 Å². The minimum absolute atomic E-state index is 0.0494. The fourth-order valence-corrected chi connectivity index (χ4v) is 2.62. The van der Waals surface area contributed by atoms with E-state index < -0.39 is 6.09 Å². The Kier molecular flexibility index (Phi) is 3.62. The van der Waals surface area contributed by atoms with Crippen molar-refractivity contribution in [1.29, 1.82) is 0 Å². The van der Waals surface area contributed by atoms with Crippen LogP contribution in [-0.4, -0.2) is 28.7 Å². The van der Waals surface area contributed by atoms with Crippen LogP contribution < -0.4 is 0 Å². The summed E-state index contributed by atoms with van der Waals surface area (Å²) in [5.74, 6) is 0. The highest BCUT2D eigenvalue weighted by molar-refractivity contribution is 7.10. The molecule has 16 heavy (non-hydrogen) atoms. The van der Waals surface area contributed by atoms with Gasteiger partial charge in [0, 0.05) is 11.4 Å². The molecular weight excluding hydrogens is 222 g/mol. The standard InChI is InChI=1S/C12H15NO2S/c14-12(15)13-8-2-1-4-10(13)6-7-11-5-3-9-16-11/h3,5-7,9-10H,1-2,4,8H2,(H,14,15)/b7-6+. The fourth-order valence-electron chi connectivity index (χ4n) is 1.99. The molecule has 1 atom stereocenters. The first-order chi connectivity index (χ1) is 7.77. The third-order valence-corrected chi connectivity index (χ3v) is 3.66. The van der Waals surface area contributed by atoms with E-state index in [1.165, 1.54) is 9.78 Å². The molecule has 0 spiro atoms. The van der Waals surface area contributed by atoms with Crippen molar-refractivity contribution in [1.82, 2.24) is 4.90 Å². The molecule has 0 bridgehead atoms. The van der Waals surface area contributed by atoms with Gasteiger partial charge in [0.15, 0.2) is 0 Å². The van der Waals surface area contributed by atoms with Crippen molar-refractivity contribution >= 4 is 23.5 Å². The molecule has 1 saturated heterocycles. The number of carboxylic acid groups (broad SMARTS) is 1. The van der Waals surface area contributed by atoms with Crippen LogP contribution in [0.2, 0.25) is 0 Å². The summed E-state index contributed by atoms with van der Waals surface area (Å²) >= 11 is 1.67. The minimum Gasteiger partial charge on any atom is -0.465 e. The first-order valence-corrected chi connectivity index (χ1v) is 6.36. The summed E-state index contributed by atoms with van der Waals surface area (Å²) in [6.45, 7) is 0.661. The Balaban J connectivity index is 2.04. The number of amides is 1. The van der Waals surface area contributed by atoms with Gasteiger partial charge in [0.1, 0.15) is 0 Å². The quantitative estimate of drug-likeness (QED) is 0.857. The van der Waals surface area contributed by atoms with Crippen molar-refractivity contribution in [3.05, 3.63) is 28.5 Å². The number of hydrogen-bond acceptors (Lipinski definition) is 2. The Labute approximate surface area is 99.0 Å². The molecule has 86 valence electrons. The smallest absolute Gasteiger partial charge is 0.407 e. The molecule has 1 unspecified atom stereocenters. The second kappa shape index (κ2) is 5.16. The predicted octanol–water partition coefficient (Wildman–Crippen LogP) is 3.29. The first-order valence-electron chi connectivity index (χ1n) is 5.48. The summed E-state index contributed by atoms with van der Waals surface area (Å²) in [5.41, 5.74) is 0. The normalized spacial score (nSPS) is 21.5. The molecule has 0 saturated carbocycles. The van der Waals surface area contributed by atoms with E-state index in [2.05, 4.69) is 0 Å². The lowest BCUT2D eigenvalue weighted by Crippen LogP contribution is -2.41. The Morgan fingerprint density at radius 2 is 2.44 bits per heavy atom. The maximum atomic E-state index is 11.0. The largest absolute Gasteiger partial charge is 0.465 e. The van der Waals surface area contributed by atoms with E-state index in [1.54, 1.807) is 11.3 Å². The molecule has 2 rings (SSSR count). The van der Waals surface area contributed by atoms with E-state index in [1.807, 2.05) is 29.7 Å². The molecular formula is C12H15NO2S. The monoisotopic (exact) mass is 237 g/mol. The highest BCUT2D eigenvalue weighted by Gasteiger charge is 2.23. The van der Waals surface area contributed by atoms with Gasteiger partial charge in [0.05, 0.1) is 6.04 Å². The molecule has 1 aromatic rings. The van der Waals surface area contributed by atoms with Gasteiger partial charge >= 0.3 is 6.09 Å². The molecule has 0 aromatic carbocycles. The van der Waals surface area contributed by atoms with E-state index >= 15 is 0 Å². The zero-order chi connectivity index (χ0) is 11.4. The lowest BCUT2D eigenvalue weighted by atomic mass is 10.0. The average Bonchev–Trinajstić information content (AvgIpc) is 2.79. The van der Waals surface area contributed by atoms with E-state index in [-0.39, 0.29) is 6.04 Å². The fraction of sp³-hybridized carbons (Fsp3) is 0.417. The van der Waals surface area contributed by atoms with Crippen LogP contribution in [0.4, 0.5) is 4.79 Å². The second-order valence-electron chi connectivity index (χ2n) is 3.91. The Morgan fingerprint density at radius 1 is 1.56 bits per heavy atom.